The smallest absolute Gasteiger partial charge is 0.163 e. The highest BCUT2D eigenvalue weighted by molar-refractivity contribution is 6.31. The van der Waals surface area contributed by atoms with E-state index >= 15 is 0 Å². The number of halogens is 2. The van der Waals surface area contributed by atoms with Crippen molar-refractivity contribution in [3.05, 3.63) is 47.5 Å². The van der Waals surface area contributed by atoms with E-state index in [0.717, 1.165) is 5.39 Å². The summed E-state index contributed by atoms with van der Waals surface area (Å²) < 4.78 is 24.9. The van der Waals surface area contributed by atoms with Crippen LogP contribution in [-0.4, -0.2) is 36.8 Å². The summed E-state index contributed by atoms with van der Waals surface area (Å²) >= 11 is 5.86. The van der Waals surface area contributed by atoms with Crippen LogP contribution in [0.2, 0.25) is 5.02 Å². The van der Waals surface area contributed by atoms with E-state index < -0.39 is 5.82 Å². The fourth-order valence-corrected chi connectivity index (χ4v) is 2.70. The molecule has 0 spiro atoms. The van der Waals surface area contributed by atoms with Crippen LogP contribution in [0.1, 0.15) is 6.92 Å². The Morgan fingerprint density at radius 1 is 1.11 bits per heavy atom. The van der Waals surface area contributed by atoms with Gasteiger partial charge in [-0.15, -0.1) is 0 Å². The molecule has 0 fully saturated rings. The number of nitrogens with zero attached hydrogens (tertiary/aromatic N) is 2. The van der Waals surface area contributed by atoms with Gasteiger partial charge in [0.15, 0.2) is 11.5 Å². The lowest BCUT2D eigenvalue weighted by Crippen LogP contribution is -2.16. The van der Waals surface area contributed by atoms with Crippen LogP contribution in [-0.2, 0) is 0 Å². The van der Waals surface area contributed by atoms with Crippen LogP contribution in [0.3, 0.4) is 0 Å². The molecule has 0 amide bonds. The molecule has 0 aliphatic rings. The summed E-state index contributed by atoms with van der Waals surface area (Å²) in [6, 6.07) is 8.05. The standard InChI is InChI=1S/C19H20ClFN4O2/c1-3-26-18-10-16-13(9-17(18)27-7-6-22-2)19(24-11-23-16)25-12-4-5-15(21)14(20)8-12/h4-5,8-11,22H,3,6-7H2,1-2H3,(H,23,24,25). The predicted molar refractivity (Wildman–Crippen MR) is 105 cm³/mol. The van der Waals surface area contributed by atoms with Gasteiger partial charge in [0, 0.05) is 23.7 Å². The molecule has 0 aliphatic carbocycles. The minimum absolute atomic E-state index is 0.0353. The molecule has 142 valence electrons. The number of fused-ring (bicyclic) bond motifs is 1. The second-order valence-electron chi connectivity index (χ2n) is 5.68. The Morgan fingerprint density at radius 2 is 1.93 bits per heavy atom. The van der Waals surface area contributed by atoms with Gasteiger partial charge in [0.1, 0.15) is 24.6 Å². The van der Waals surface area contributed by atoms with Crippen LogP contribution < -0.4 is 20.1 Å². The van der Waals surface area contributed by atoms with Crippen molar-refractivity contribution in [3.8, 4) is 11.5 Å². The molecule has 3 rings (SSSR count). The third-order valence-corrected chi connectivity index (χ3v) is 4.08. The zero-order valence-electron chi connectivity index (χ0n) is 15.1. The van der Waals surface area contributed by atoms with Gasteiger partial charge in [0.05, 0.1) is 17.1 Å². The normalized spacial score (nSPS) is 10.8. The summed E-state index contributed by atoms with van der Waals surface area (Å²) in [6.07, 6.45) is 1.45. The van der Waals surface area contributed by atoms with Gasteiger partial charge in [-0.2, -0.15) is 0 Å². The number of likely N-dealkylation sites (N-methyl/N-ethyl adjacent to an activating group) is 1. The number of hydrogen-bond donors (Lipinski definition) is 2. The van der Waals surface area contributed by atoms with E-state index in [9.17, 15) is 4.39 Å². The van der Waals surface area contributed by atoms with Gasteiger partial charge in [-0.25, -0.2) is 14.4 Å². The number of benzene rings is 2. The van der Waals surface area contributed by atoms with Crippen molar-refractivity contribution < 1.29 is 13.9 Å². The molecule has 0 saturated heterocycles. The fourth-order valence-electron chi connectivity index (χ4n) is 2.52. The minimum Gasteiger partial charge on any atom is -0.490 e. The first-order valence-electron chi connectivity index (χ1n) is 8.53. The van der Waals surface area contributed by atoms with Crippen molar-refractivity contribution in [3.63, 3.8) is 0 Å². The van der Waals surface area contributed by atoms with Gasteiger partial charge < -0.3 is 20.1 Å². The van der Waals surface area contributed by atoms with Gasteiger partial charge in [-0.3, -0.25) is 0 Å². The van der Waals surface area contributed by atoms with E-state index in [1.54, 1.807) is 6.07 Å². The quantitative estimate of drug-likeness (QED) is 0.563. The molecule has 0 saturated carbocycles. The summed E-state index contributed by atoms with van der Waals surface area (Å²) in [5.41, 5.74) is 1.32. The SMILES string of the molecule is CCOc1cc2ncnc(Nc3ccc(F)c(Cl)c3)c2cc1OCCNC. The summed E-state index contributed by atoms with van der Waals surface area (Å²) in [5, 5.41) is 6.97. The Morgan fingerprint density at radius 3 is 2.67 bits per heavy atom. The lowest BCUT2D eigenvalue weighted by molar-refractivity contribution is 0.278. The summed E-state index contributed by atoms with van der Waals surface area (Å²) in [5.74, 6) is 1.31. The van der Waals surface area contributed by atoms with E-state index in [4.69, 9.17) is 21.1 Å². The first kappa shape index (κ1) is 19.1. The second-order valence-corrected chi connectivity index (χ2v) is 6.08. The maximum atomic E-state index is 13.4. The summed E-state index contributed by atoms with van der Waals surface area (Å²) in [7, 11) is 1.86. The average Bonchev–Trinajstić information content (AvgIpc) is 2.66. The Kier molecular flexibility index (Phi) is 6.26. The van der Waals surface area contributed by atoms with E-state index in [0.29, 0.717) is 48.3 Å². The van der Waals surface area contributed by atoms with E-state index in [-0.39, 0.29) is 5.02 Å². The largest absolute Gasteiger partial charge is 0.490 e. The van der Waals surface area contributed by atoms with E-state index in [1.165, 1.54) is 18.5 Å². The molecule has 0 atom stereocenters. The zero-order valence-corrected chi connectivity index (χ0v) is 15.8. The number of ether oxygens (including phenoxy) is 2. The number of anilines is 2. The average molecular weight is 391 g/mol. The van der Waals surface area contributed by atoms with Crippen LogP contribution in [0.5, 0.6) is 11.5 Å². The molecule has 1 aromatic heterocycles. The monoisotopic (exact) mass is 390 g/mol. The minimum atomic E-state index is -0.476. The molecule has 3 aromatic rings. The lowest BCUT2D eigenvalue weighted by Gasteiger charge is -2.15. The van der Waals surface area contributed by atoms with Crippen molar-refractivity contribution in [1.29, 1.82) is 0 Å². The maximum absolute atomic E-state index is 13.4. The number of hydrogen-bond acceptors (Lipinski definition) is 6. The first-order valence-corrected chi connectivity index (χ1v) is 8.91. The molecule has 1 heterocycles. The molecule has 27 heavy (non-hydrogen) atoms. The Hall–Kier alpha value is -2.64. The molecule has 0 radical (unpaired) electrons. The lowest BCUT2D eigenvalue weighted by atomic mass is 10.2. The van der Waals surface area contributed by atoms with Gasteiger partial charge in [-0.1, -0.05) is 11.6 Å². The molecule has 2 N–H and O–H groups in total. The van der Waals surface area contributed by atoms with Crippen LogP contribution in [0.4, 0.5) is 15.9 Å². The van der Waals surface area contributed by atoms with Crippen LogP contribution >= 0.6 is 11.6 Å². The van der Waals surface area contributed by atoms with Gasteiger partial charge >= 0.3 is 0 Å². The van der Waals surface area contributed by atoms with Gasteiger partial charge in [-0.05, 0) is 38.2 Å². The summed E-state index contributed by atoms with van der Waals surface area (Å²) in [4.78, 5) is 8.61. The van der Waals surface area contributed by atoms with Crippen molar-refractivity contribution in [2.45, 2.75) is 6.92 Å². The molecular weight excluding hydrogens is 371 g/mol. The third-order valence-electron chi connectivity index (χ3n) is 3.79. The molecule has 2 aromatic carbocycles. The molecule has 6 nitrogen and oxygen atoms in total. The fraction of sp³-hybridized carbons (Fsp3) is 0.263. The van der Waals surface area contributed by atoms with Crippen molar-refractivity contribution in [2.75, 3.05) is 32.1 Å². The molecular formula is C19H20ClFN4O2. The van der Waals surface area contributed by atoms with Gasteiger partial charge in [0.25, 0.3) is 0 Å². The number of rotatable bonds is 8. The zero-order chi connectivity index (χ0) is 19.2. The summed E-state index contributed by atoms with van der Waals surface area (Å²) in [6.45, 7) is 3.62. The Balaban J connectivity index is 1.99. The molecule has 0 unspecified atom stereocenters. The first-order chi connectivity index (χ1) is 13.1. The van der Waals surface area contributed by atoms with Crippen molar-refractivity contribution in [2.24, 2.45) is 0 Å². The molecule has 0 bridgehead atoms. The van der Waals surface area contributed by atoms with Crippen molar-refractivity contribution in [1.82, 2.24) is 15.3 Å². The van der Waals surface area contributed by atoms with E-state index in [2.05, 4.69) is 20.6 Å². The Labute approximate surface area is 161 Å². The second kappa shape index (κ2) is 8.83. The maximum Gasteiger partial charge on any atom is 0.163 e. The molecule has 0 aliphatic heterocycles. The highest BCUT2D eigenvalue weighted by Gasteiger charge is 2.13. The highest BCUT2D eigenvalue weighted by atomic mass is 35.5. The van der Waals surface area contributed by atoms with Crippen LogP contribution in [0, 0.1) is 5.82 Å². The predicted octanol–water partition coefficient (Wildman–Crippen LogP) is 4.16. The number of aromatic nitrogens is 2. The Bertz CT molecular complexity index is 939. The molecule has 8 heteroatoms. The number of nitrogens with one attached hydrogen (secondary N) is 2. The van der Waals surface area contributed by atoms with Crippen LogP contribution in [0.25, 0.3) is 10.9 Å². The van der Waals surface area contributed by atoms with Gasteiger partial charge in [0.2, 0.25) is 0 Å². The highest BCUT2D eigenvalue weighted by Crippen LogP contribution is 2.35. The topological polar surface area (TPSA) is 68.3 Å². The van der Waals surface area contributed by atoms with E-state index in [1.807, 2.05) is 26.1 Å². The third kappa shape index (κ3) is 4.56. The van der Waals surface area contributed by atoms with Crippen LogP contribution in [0.15, 0.2) is 36.7 Å². The van der Waals surface area contributed by atoms with Crippen molar-refractivity contribution >= 4 is 34.0 Å².